The summed E-state index contributed by atoms with van der Waals surface area (Å²) in [7, 11) is 0. The third-order valence-electron chi connectivity index (χ3n) is 7.90. The average Bonchev–Trinajstić information content (AvgIpc) is 3.11. The Morgan fingerprint density at radius 1 is 0.345 bits per heavy atom. The smallest absolute Gasteiger partial charge is 0.420 e. The molecule has 0 aromatic heterocycles. The standard InChI is InChI=1S/C39H27F9N4O3/c40-37(41,42)31-19-22(49)1-16-34(31)53-28-10-4-25(5-11-28)52(26-6-12-29(13-7-26)54-35-17-2-23(50)20-32(35)38(43,44)45)27-8-14-30(15-9-27)55-36-18-3-24(51)21-33(36)39(46,47)48/h1-21H,49-51H2. The largest absolute Gasteiger partial charge is 0.457 e. The molecule has 0 aliphatic heterocycles. The van der Waals surface area contributed by atoms with E-state index in [4.69, 9.17) is 31.4 Å². The molecule has 16 heteroatoms. The molecule has 0 saturated heterocycles. The highest BCUT2D eigenvalue weighted by atomic mass is 19.4. The number of hydrogen-bond donors (Lipinski definition) is 3. The van der Waals surface area contributed by atoms with Gasteiger partial charge in [0.2, 0.25) is 0 Å². The van der Waals surface area contributed by atoms with Gasteiger partial charge in [0.15, 0.2) is 0 Å². The zero-order valence-electron chi connectivity index (χ0n) is 27.9. The first-order valence-corrected chi connectivity index (χ1v) is 15.9. The van der Waals surface area contributed by atoms with Crippen LogP contribution in [0.2, 0.25) is 0 Å². The van der Waals surface area contributed by atoms with Crippen LogP contribution in [0.4, 0.5) is 73.6 Å². The van der Waals surface area contributed by atoms with Gasteiger partial charge in [-0.25, -0.2) is 0 Å². The van der Waals surface area contributed by atoms with Crippen molar-refractivity contribution >= 4 is 34.1 Å². The number of ether oxygens (including phenoxy) is 3. The number of anilines is 6. The summed E-state index contributed by atoms with van der Waals surface area (Å²) in [6, 6.07) is 27.0. The molecule has 6 aromatic carbocycles. The molecule has 0 atom stereocenters. The Morgan fingerprint density at radius 2 is 0.582 bits per heavy atom. The molecule has 0 saturated carbocycles. The SMILES string of the molecule is Nc1ccc(Oc2ccc(N(c3ccc(Oc4ccc(N)cc4C(F)(F)F)cc3)c3ccc(Oc4ccc(N)cc4C(F)(F)F)cc3)cc2)c(C(F)(F)F)c1. The molecule has 0 heterocycles. The van der Waals surface area contributed by atoms with Crippen molar-refractivity contribution in [3.63, 3.8) is 0 Å². The number of hydrogen-bond acceptors (Lipinski definition) is 7. The van der Waals surface area contributed by atoms with Crippen molar-refractivity contribution in [2.24, 2.45) is 0 Å². The molecule has 0 unspecified atom stereocenters. The van der Waals surface area contributed by atoms with E-state index in [1.54, 1.807) is 4.90 Å². The fourth-order valence-corrected chi connectivity index (χ4v) is 5.39. The van der Waals surface area contributed by atoms with Crippen molar-refractivity contribution in [1.82, 2.24) is 0 Å². The topological polar surface area (TPSA) is 109 Å². The van der Waals surface area contributed by atoms with Crippen LogP contribution in [0.5, 0.6) is 34.5 Å². The number of nitrogens with two attached hydrogens (primary N) is 3. The molecule has 6 aromatic rings. The summed E-state index contributed by atoms with van der Waals surface area (Å²) in [5.74, 6) is -1.33. The van der Waals surface area contributed by atoms with Gasteiger partial charge in [0, 0.05) is 34.1 Å². The quantitative estimate of drug-likeness (QED) is 0.0992. The van der Waals surface area contributed by atoms with Crippen LogP contribution in [-0.4, -0.2) is 0 Å². The Bertz CT molecular complexity index is 2030. The molecule has 0 spiro atoms. The van der Waals surface area contributed by atoms with E-state index < -0.39 is 52.5 Å². The lowest BCUT2D eigenvalue weighted by molar-refractivity contribution is -0.139. The van der Waals surface area contributed by atoms with Gasteiger partial charge in [0.25, 0.3) is 0 Å². The van der Waals surface area contributed by atoms with Gasteiger partial charge < -0.3 is 36.3 Å². The number of alkyl halides is 9. The summed E-state index contributed by atoms with van der Waals surface area (Å²) in [4.78, 5) is 1.65. The van der Waals surface area contributed by atoms with E-state index in [0.29, 0.717) is 17.1 Å². The first-order valence-electron chi connectivity index (χ1n) is 15.9. The molecule has 7 nitrogen and oxygen atoms in total. The fourth-order valence-electron chi connectivity index (χ4n) is 5.39. The Hall–Kier alpha value is -6.71. The monoisotopic (exact) mass is 770 g/mol. The van der Waals surface area contributed by atoms with Crippen LogP contribution >= 0.6 is 0 Å². The summed E-state index contributed by atoms with van der Waals surface area (Å²) in [6.07, 6.45) is -14.3. The Labute approximate surface area is 306 Å². The Kier molecular flexibility index (Phi) is 10.1. The second kappa shape index (κ2) is 14.6. The van der Waals surface area contributed by atoms with E-state index in [2.05, 4.69) is 0 Å². The van der Waals surface area contributed by atoms with Crippen LogP contribution in [0.25, 0.3) is 0 Å². The van der Waals surface area contributed by atoms with Crippen molar-refractivity contribution in [1.29, 1.82) is 0 Å². The van der Waals surface area contributed by atoms with Crippen LogP contribution in [0.3, 0.4) is 0 Å². The first kappa shape index (κ1) is 38.0. The molecule has 55 heavy (non-hydrogen) atoms. The highest BCUT2D eigenvalue weighted by Gasteiger charge is 2.37. The molecule has 284 valence electrons. The third-order valence-corrected chi connectivity index (χ3v) is 7.90. The van der Waals surface area contributed by atoms with Gasteiger partial charge in [-0.2, -0.15) is 39.5 Å². The maximum Gasteiger partial charge on any atom is 0.420 e. The van der Waals surface area contributed by atoms with Crippen LogP contribution in [-0.2, 0) is 18.5 Å². The zero-order valence-corrected chi connectivity index (χ0v) is 27.9. The van der Waals surface area contributed by atoms with Gasteiger partial charge in [0.05, 0.1) is 0 Å². The zero-order chi connectivity index (χ0) is 39.7. The van der Waals surface area contributed by atoms with E-state index in [1.165, 1.54) is 91.0 Å². The van der Waals surface area contributed by atoms with E-state index in [9.17, 15) is 39.5 Å². The highest BCUT2D eigenvalue weighted by molar-refractivity contribution is 5.77. The maximum absolute atomic E-state index is 13.7. The van der Waals surface area contributed by atoms with Crippen molar-refractivity contribution < 1.29 is 53.7 Å². The Balaban J connectivity index is 1.33. The van der Waals surface area contributed by atoms with Crippen molar-refractivity contribution in [3.8, 4) is 34.5 Å². The van der Waals surface area contributed by atoms with Gasteiger partial charge in [0.1, 0.15) is 51.2 Å². The molecule has 6 N–H and O–H groups in total. The third kappa shape index (κ3) is 8.92. The fraction of sp³-hybridized carbons (Fsp3) is 0.0769. The normalized spacial score (nSPS) is 11.9. The molecule has 0 bridgehead atoms. The minimum atomic E-state index is -4.75. The van der Waals surface area contributed by atoms with Gasteiger partial charge in [-0.1, -0.05) is 0 Å². The molecular formula is C39H27F9N4O3. The minimum absolute atomic E-state index is 0.0411. The summed E-state index contributed by atoms with van der Waals surface area (Å²) in [5.41, 5.74) is 14.4. The highest BCUT2D eigenvalue weighted by Crippen LogP contribution is 2.44. The van der Waals surface area contributed by atoms with Crippen LogP contribution in [0.15, 0.2) is 127 Å². The molecule has 0 amide bonds. The van der Waals surface area contributed by atoms with Crippen molar-refractivity contribution in [2.45, 2.75) is 18.5 Å². The summed E-state index contributed by atoms with van der Waals surface area (Å²) >= 11 is 0. The number of rotatable bonds is 9. The van der Waals surface area contributed by atoms with E-state index >= 15 is 0 Å². The molecule has 0 aliphatic carbocycles. The first-order chi connectivity index (χ1) is 25.8. The summed E-state index contributed by atoms with van der Waals surface area (Å²) < 4.78 is 140. The number of nitrogen functional groups attached to an aromatic ring is 3. The van der Waals surface area contributed by atoms with E-state index in [-0.39, 0.29) is 34.3 Å². The molecule has 0 aliphatic rings. The number of nitrogens with zero attached hydrogens (tertiary/aromatic N) is 1. The number of halogens is 9. The minimum Gasteiger partial charge on any atom is -0.457 e. The van der Waals surface area contributed by atoms with Crippen LogP contribution in [0.1, 0.15) is 16.7 Å². The van der Waals surface area contributed by atoms with Crippen LogP contribution < -0.4 is 36.3 Å². The lowest BCUT2D eigenvalue weighted by Crippen LogP contribution is -2.10. The molecular weight excluding hydrogens is 743 g/mol. The summed E-state index contributed by atoms with van der Waals surface area (Å²) in [5, 5.41) is 0. The second-order valence-electron chi connectivity index (χ2n) is 11.9. The molecule has 6 rings (SSSR count). The van der Waals surface area contributed by atoms with Gasteiger partial charge in [-0.3, -0.25) is 0 Å². The predicted octanol–water partition coefficient (Wildman–Crippen LogP) is 12.3. The van der Waals surface area contributed by atoms with Gasteiger partial charge >= 0.3 is 18.5 Å². The average molecular weight is 771 g/mol. The Morgan fingerprint density at radius 3 is 0.800 bits per heavy atom. The maximum atomic E-state index is 13.7. The molecule has 0 radical (unpaired) electrons. The van der Waals surface area contributed by atoms with E-state index in [1.807, 2.05) is 0 Å². The van der Waals surface area contributed by atoms with Gasteiger partial charge in [-0.05, 0) is 127 Å². The predicted molar refractivity (Wildman–Crippen MR) is 189 cm³/mol. The second-order valence-corrected chi connectivity index (χ2v) is 11.9. The van der Waals surface area contributed by atoms with Gasteiger partial charge in [-0.15, -0.1) is 0 Å². The lowest BCUT2D eigenvalue weighted by Gasteiger charge is -2.26. The van der Waals surface area contributed by atoms with Crippen LogP contribution in [0, 0.1) is 0 Å². The lowest BCUT2D eigenvalue weighted by atomic mass is 10.1. The molecule has 0 fully saturated rings. The summed E-state index contributed by atoms with van der Waals surface area (Å²) in [6.45, 7) is 0. The van der Waals surface area contributed by atoms with Crippen molar-refractivity contribution in [3.05, 3.63) is 144 Å². The van der Waals surface area contributed by atoms with Crippen molar-refractivity contribution in [2.75, 3.05) is 22.1 Å². The number of benzene rings is 6. The van der Waals surface area contributed by atoms with E-state index in [0.717, 1.165) is 36.4 Å².